The fraction of sp³-hybridized carbons (Fsp3) is 0.222. The first kappa shape index (κ1) is 20.1. The van der Waals surface area contributed by atoms with Crippen molar-refractivity contribution in [3.63, 3.8) is 0 Å². The van der Waals surface area contributed by atoms with Gasteiger partial charge in [-0.2, -0.15) is 13.2 Å². The average Bonchev–Trinajstić information content (AvgIpc) is 2.84. The summed E-state index contributed by atoms with van der Waals surface area (Å²) in [5.74, 6) is -1.05. The van der Waals surface area contributed by atoms with E-state index in [0.717, 1.165) is 6.92 Å². The Hall–Kier alpha value is -3.23. The molecule has 0 radical (unpaired) electrons. The van der Waals surface area contributed by atoms with E-state index in [1.807, 2.05) is 0 Å². The van der Waals surface area contributed by atoms with Gasteiger partial charge in [0, 0.05) is 16.8 Å². The van der Waals surface area contributed by atoms with Crippen LogP contribution in [-0.2, 0) is 0 Å². The second kappa shape index (κ2) is 6.82. The summed E-state index contributed by atoms with van der Waals surface area (Å²) >= 11 is 0. The zero-order valence-corrected chi connectivity index (χ0v) is 14.9. The van der Waals surface area contributed by atoms with E-state index in [2.05, 4.69) is 4.98 Å². The largest absolute Gasteiger partial charge is 0.508 e. The van der Waals surface area contributed by atoms with E-state index in [-0.39, 0.29) is 28.4 Å². The number of halogens is 3. The maximum Gasteiger partial charge on any atom is 0.418 e. The first-order valence-electron chi connectivity index (χ1n) is 7.81. The van der Waals surface area contributed by atoms with Crippen molar-refractivity contribution >= 4 is 23.4 Å². The molecule has 0 saturated heterocycles. The molecule has 2 rings (SSSR count). The van der Waals surface area contributed by atoms with Gasteiger partial charge in [-0.15, -0.1) is 0 Å². The first-order valence-corrected chi connectivity index (χ1v) is 7.81. The predicted molar refractivity (Wildman–Crippen MR) is 97.7 cm³/mol. The molecule has 0 spiro atoms. The van der Waals surface area contributed by atoms with E-state index >= 15 is 0 Å². The smallest absolute Gasteiger partial charge is 0.418 e. The Bertz CT molecular complexity index is 972. The summed E-state index contributed by atoms with van der Waals surface area (Å²) in [4.78, 5) is 14.5. The van der Waals surface area contributed by atoms with Gasteiger partial charge in [0.05, 0.1) is 28.2 Å². The Kier molecular flexibility index (Phi) is 5.08. The number of allylic oxidation sites excluding steroid dienone is 1. The molecule has 0 fully saturated rings. The molecular formula is C18H19F3N4O2. The van der Waals surface area contributed by atoms with Crippen molar-refractivity contribution in [2.45, 2.75) is 26.9 Å². The van der Waals surface area contributed by atoms with Crippen LogP contribution in [0.1, 0.15) is 34.1 Å². The number of alkyl halides is 3. The van der Waals surface area contributed by atoms with Gasteiger partial charge in [-0.05, 0) is 38.5 Å². The van der Waals surface area contributed by atoms with Crippen LogP contribution in [0, 0.1) is 19.3 Å². The van der Waals surface area contributed by atoms with E-state index < -0.39 is 23.4 Å². The SMILES string of the molecule is CC(=N)/C(=C\c1[nH]c(-c2c(C)ccc(O)c2C)c(N)c1C(N)=O)C(F)(F)F. The molecule has 9 heteroatoms. The fourth-order valence-electron chi connectivity index (χ4n) is 2.87. The van der Waals surface area contributed by atoms with Crippen LogP contribution in [-0.4, -0.2) is 27.9 Å². The number of aromatic nitrogens is 1. The highest BCUT2D eigenvalue weighted by atomic mass is 19.4. The van der Waals surface area contributed by atoms with Gasteiger partial charge in [-0.25, -0.2) is 0 Å². The lowest BCUT2D eigenvalue weighted by Gasteiger charge is -2.11. The number of aromatic hydroxyl groups is 1. The van der Waals surface area contributed by atoms with Crippen molar-refractivity contribution in [2.75, 3.05) is 5.73 Å². The number of anilines is 1. The number of H-pyrrole nitrogens is 1. The summed E-state index contributed by atoms with van der Waals surface area (Å²) in [6, 6.07) is 3.09. The third-order valence-electron chi connectivity index (χ3n) is 4.21. The zero-order chi connectivity index (χ0) is 20.7. The maximum atomic E-state index is 13.2. The minimum atomic E-state index is -4.79. The van der Waals surface area contributed by atoms with E-state index in [1.54, 1.807) is 19.9 Å². The molecule has 0 unspecified atom stereocenters. The van der Waals surface area contributed by atoms with Gasteiger partial charge in [-0.3, -0.25) is 4.79 Å². The summed E-state index contributed by atoms with van der Waals surface area (Å²) < 4.78 is 39.6. The highest BCUT2D eigenvalue weighted by Gasteiger charge is 2.36. The summed E-state index contributed by atoms with van der Waals surface area (Å²) in [5, 5.41) is 17.3. The Labute approximate surface area is 153 Å². The number of nitrogen functional groups attached to an aromatic ring is 1. The van der Waals surface area contributed by atoms with Gasteiger partial charge >= 0.3 is 6.18 Å². The van der Waals surface area contributed by atoms with Crippen molar-refractivity contribution in [2.24, 2.45) is 5.73 Å². The molecule has 27 heavy (non-hydrogen) atoms. The van der Waals surface area contributed by atoms with Crippen molar-refractivity contribution in [1.29, 1.82) is 5.41 Å². The molecule has 7 N–H and O–H groups in total. The number of amides is 1. The van der Waals surface area contributed by atoms with Crippen LogP contribution in [0.15, 0.2) is 17.7 Å². The molecule has 1 amide bonds. The number of hydrogen-bond donors (Lipinski definition) is 5. The lowest BCUT2D eigenvalue weighted by Crippen LogP contribution is -2.18. The molecule has 6 nitrogen and oxygen atoms in total. The van der Waals surface area contributed by atoms with Crippen molar-refractivity contribution in [3.8, 4) is 17.0 Å². The van der Waals surface area contributed by atoms with Gasteiger partial charge < -0.3 is 27.0 Å². The van der Waals surface area contributed by atoms with Gasteiger partial charge in [0.25, 0.3) is 5.91 Å². The number of nitrogens with one attached hydrogen (secondary N) is 2. The Morgan fingerprint density at radius 2 is 1.89 bits per heavy atom. The molecule has 0 atom stereocenters. The number of rotatable bonds is 4. The molecular weight excluding hydrogens is 361 g/mol. The molecule has 1 aromatic carbocycles. The highest BCUT2D eigenvalue weighted by Crippen LogP contribution is 2.39. The lowest BCUT2D eigenvalue weighted by atomic mass is 9.98. The quantitative estimate of drug-likeness (QED) is 0.519. The van der Waals surface area contributed by atoms with Gasteiger partial charge in [0.15, 0.2) is 0 Å². The first-order chi connectivity index (χ1) is 12.4. The van der Waals surface area contributed by atoms with Crippen molar-refractivity contribution < 1.29 is 23.1 Å². The Balaban J connectivity index is 2.85. The molecule has 0 aliphatic carbocycles. The second-order valence-electron chi connectivity index (χ2n) is 6.15. The van der Waals surface area contributed by atoms with E-state index in [4.69, 9.17) is 16.9 Å². The minimum Gasteiger partial charge on any atom is -0.508 e. The molecule has 144 valence electrons. The van der Waals surface area contributed by atoms with Crippen LogP contribution >= 0.6 is 0 Å². The molecule has 1 aromatic heterocycles. The van der Waals surface area contributed by atoms with Gasteiger partial charge in [-0.1, -0.05) is 6.07 Å². The predicted octanol–water partition coefficient (Wildman–Crippen LogP) is 3.67. The zero-order valence-electron chi connectivity index (χ0n) is 14.9. The number of aryl methyl sites for hydroxylation is 1. The summed E-state index contributed by atoms with van der Waals surface area (Å²) in [6.45, 7) is 4.32. The Morgan fingerprint density at radius 3 is 2.37 bits per heavy atom. The molecule has 0 saturated carbocycles. The summed E-state index contributed by atoms with van der Waals surface area (Å²) in [6.07, 6.45) is -4.16. The van der Waals surface area contributed by atoms with Crippen LogP contribution in [0.2, 0.25) is 0 Å². The number of phenols is 1. The highest BCUT2D eigenvalue weighted by molar-refractivity contribution is 6.08. The number of phenolic OH excluding ortho intramolecular Hbond substituents is 1. The topological polar surface area (TPSA) is 129 Å². The third-order valence-corrected chi connectivity index (χ3v) is 4.21. The van der Waals surface area contributed by atoms with Gasteiger partial charge in [0.1, 0.15) is 5.75 Å². The third kappa shape index (κ3) is 3.67. The number of nitrogens with two attached hydrogens (primary N) is 2. The number of benzene rings is 1. The number of aromatic amines is 1. The summed E-state index contributed by atoms with van der Waals surface area (Å²) in [5.41, 5.74) is 10.4. The number of carbonyl (C=O) groups is 1. The Morgan fingerprint density at radius 1 is 1.30 bits per heavy atom. The number of primary amides is 1. The van der Waals surface area contributed by atoms with Crippen LogP contribution < -0.4 is 11.5 Å². The standard InChI is InChI=1S/C18H19F3N4O2/c1-7-4-5-12(26)8(2)13(7)16-15(23)14(17(24)27)11(25-16)6-10(9(3)22)18(19,20)21/h4-6,22,25-26H,23H2,1-3H3,(H2,24,27)/b10-6+,22-9?. The van der Waals surface area contributed by atoms with Crippen LogP contribution in [0.5, 0.6) is 5.75 Å². The molecule has 1 heterocycles. The van der Waals surface area contributed by atoms with E-state index in [9.17, 15) is 23.1 Å². The minimum absolute atomic E-state index is 0.0337. The normalized spacial score (nSPS) is 12.3. The number of hydrogen-bond acceptors (Lipinski definition) is 4. The fourth-order valence-corrected chi connectivity index (χ4v) is 2.87. The van der Waals surface area contributed by atoms with Crippen LogP contribution in [0.4, 0.5) is 18.9 Å². The average molecular weight is 380 g/mol. The second-order valence-corrected chi connectivity index (χ2v) is 6.15. The maximum absolute atomic E-state index is 13.2. The van der Waals surface area contributed by atoms with E-state index in [0.29, 0.717) is 22.8 Å². The lowest BCUT2D eigenvalue weighted by molar-refractivity contribution is -0.0853. The monoisotopic (exact) mass is 380 g/mol. The molecule has 2 aromatic rings. The molecule has 0 aliphatic heterocycles. The summed E-state index contributed by atoms with van der Waals surface area (Å²) in [7, 11) is 0. The van der Waals surface area contributed by atoms with Crippen LogP contribution in [0.25, 0.3) is 17.3 Å². The molecule has 0 aliphatic rings. The van der Waals surface area contributed by atoms with Crippen LogP contribution in [0.3, 0.4) is 0 Å². The van der Waals surface area contributed by atoms with Crippen molar-refractivity contribution in [3.05, 3.63) is 40.1 Å². The van der Waals surface area contributed by atoms with Gasteiger partial charge in [0.2, 0.25) is 0 Å². The number of carbonyl (C=O) groups excluding carboxylic acids is 1. The van der Waals surface area contributed by atoms with E-state index in [1.165, 1.54) is 6.07 Å². The van der Waals surface area contributed by atoms with Crippen molar-refractivity contribution in [1.82, 2.24) is 4.98 Å². The molecule has 0 bridgehead atoms.